The maximum absolute atomic E-state index is 14.4. The number of nitrogens with zero attached hydrogens (tertiary/aromatic N) is 1. The molecule has 0 bridgehead atoms. The third kappa shape index (κ3) is 9.19. The van der Waals surface area contributed by atoms with Gasteiger partial charge in [0.15, 0.2) is 16.4 Å². The minimum atomic E-state index is -3.79. The van der Waals surface area contributed by atoms with Crippen molar-refractivity contribution in [1.82, 2.24) is 10.6 Å². The number of unbranched alkanes of at least 4 members (excludes halogenated alkanes) is 2. The van der Waals surface area contributed by atoms with Crippen molar-refractivity contribution in [3.8, 4) is 5.75 Å². The van der Waals surface area contributed by atoms with Crippen LogP contribution in [0.3, 0.4) is 0 Å². The molecule has 270 valence electrons. The van der Waals surface area contributed by atoms with Crippen LogP contribution in [0.5, 0.6) is 5.75 Å². The van der Waals surface area contributed by atoms with Crippen molar-refractivity contribution in [3.63, 3.8) is 0 Å². The first-order valence-electron chi connectivity index (χ1n) is 17.0. The number of amides is 2. The Morgan fingerprint density at radius 3 is 2.16 bits per heavy atom. The molecule has 2 amide bonds. The lowest BCUT2D eigenvalue weighted by molar-refractivity contribution is -0.142. The molecule has 1 unspecified atom stereocenters. The first-order chi connectivity index (χ1) is 23.9. The zero-order chi connectivity index (χ0) is 36.4. The normalized spacial score (nSPS) is 15.9. The van der Waals surface area contributed by atoms with Crippen LogP contribution in [-0.2, 0) is 34.5 Å². The second-order valence-corrected chi connectivity index (χ2v) is 15.8. The minimum Gasteiger partial charge on any atom is -0.483 e. The Morgan fingerprint density at radius 1 is 0.960 bits per heavy atom. The van der Waals surface area contributed by atoms with E-state index >= 15 is 0 Å². The van der Waals surface area contributed by atoms with E-state index in [2.05, 4.69) is 34.1 Å². The molecule has 0 aliphatic carbocycles. The summed E-state index contributed by atoms with van der Waals surface area (Å²) in [4.78, 5) is 41.5. The van der Waals surface area contributed by atoms with Crippen LogP contribution in [0.25, 0.3) is 0 Å². The average Bonchev–Trinajstić information content (AvgIpc) is 3.22. The topological polar surface area (TPSA) is 131 Å². The Balaban J connectivity index is 1.69. The van der Waals surface area contributed by atoms with E-state index in [9.17, 15) is 22.8 Å². The molecule has 0 saturated carbocycles. The summed E-state index contributed by atoms with van der Waals surface area (Å²) < 4.78 is 39.5. The molecule has 1 aliphatic rings. The van der Waals surface area contributed by atoms with Gasteiger partial charge in [-0.25, -0.2) is 8.42 Å². The third-order valence-electron chi connectivity index (χ3n) is 9.22. The summed E-state index contributed by atoms with van der Waals surface area (Å²) in [5, 5.41) is 5.29. The molecule has 12 heteroatoms. The Morgan fingerprint density at radius 2 is 1.58 bits per heavy atom. The number of thioether (sulfide) groups is 1. The van der Waals surface area contributed by atoms with Crippen molar-refractivity contribution in [2.24, 2.45) is 5.41 Å². The molecule has 3 aromatic rings. The van der Waals surface area contributed by atoms with Crippen LogP contribution in [0.15, 0.2) is 82.6 Å². The molecule has 10 nitrogen and oxygen atoms in total. The van der Waals surface area contributed by atoms with E-state index in [-0.39, 0.29) is 22.9 Å². The standard InChI is InChI=1S/C38H49N3O7S2/c1-6-8-20-38(21-9-7-2)26-41(29-18-14-11-15-19-29)30-22-32(49-5)31(23-33(30)50(45,46)27-38)48-25-34(42)40-37(3,28-16-12-10-13-17-28)36(44)39-24-35(43)47-4/h10-19,22-23H,6-9,20-21,24-27H2,1-5H3,(H,39,44)(H,40,42). The number of sulfone groups is 1. The molecular weight excluding hydrogens is 675 g/mol. The van der Waals surface area contributed by atoms with Gasteiger partial charge in [0.05, 0.1) is 28.3 Å². The van der Waals surface area contributed by atoms with E-state index in [1.807, 2.05) is 42.7 Å². The summed E-state index contributed by atoms with van der Waals surface area (Å²) in [6.45, 7) is 5.50. The van der Waals surface area contributed by atoms with Crippen molar-refractivity contribution in [2.75, 3.05) is 43.7 Å². The highest BCUT2D eigenvalue weighted by Crippen LogP contribution is 2.47. The number of carbonyl (C=O) groups is 3. The molecular formula is C38H49N3O7S2. The number of rotatable bonds is 16. The maximum atomic E-state index is 14.4. The van der Waals surface area contributed by atoms with E-state index in [1.165, 1.54) is 25.8 Å². The number of para-hydroxylation sites is 1. The number of hydrogen-bond acceptors (Lipinski definition) is 9. The number of anilines is 2. The first-order valence-corrected chi connectivity index (χ1v) is 19.9. The molecule has 4 rings (SSSR count). The number of hydrogen-bond donors (Lipinski definition) is 2. The molecule has 2 N–H and O–H groups in total. The minimum absolute atomic E-state index is 0.0188. The average molecular weight is 724 g/mol. The number of nitrogens with one attached hydrogen (secondary N) is 2. The van der Waals surface area contributed by atoms with Crippen molar-refractivity contribution < 1.29 is 32.3 Å². The van der Waals surface area contributed by atoms with Gasteiger partial charge in [-0.1, -0.05) is 88.1 Å². The largest absolute Gasteiger partial charge is 0.483 e. The quantitative estimate of drug-likeness (QED) is 0.127. The zero-order valence-electron chi connectivity index (χ0n) is 29.6. The molecule has 1 atom stereocenters. The molecule has 1 aliphatic heterocycles. The van der Waals surface area contributed by atoms with Crippen molar-refractivity contribution in [2.45, 2.75) is 74.6 Å². The van der Waals surface area contributed by atoms with Gasteiger partial charge < -0.3 is 25.0 Å². The summed E-state index contributed by atoms with van der Waals surface area (Å²) in [6.07, 6.45) is 7.27. The van der Waals surface area contributed by atoms with Crippen molar-refractivity contribution in [1.29, 1.82) is 0 Å². The van der Waals surface area contributed by atoms with Gasteiger partial charge in [0.25, 0.3) is 11.8 Å². The summed E-state index contributed by atoms with van der Waals surface area (Å²) in [7, 11) is -2.57. The van der Waals surface area contributed by atoms with Gasteiger partial charge >= 0.3 is 5.97 Å². The maximum Gasteiger partial charge on any atom is 0.325 e. The lowest BCUT2D eigenvalue weighted by Crippen LogP contribution is -2.56. The lowest BCUT2D eigenvalue weighted by Gasteiger charge is -2.37. The monoisotopic (exact) mass is 723 g/mol. The first kappa shape index (κ1) is 38.8. The zero-order valence-corrected chi connectivity index (χ0v) is 31.3. The van der Waals surface area contributed by atoms with E-state index in [0.29, 0.717) is 22.7 Å². The lowest BCUT2D eigenvalue weighted by atomic mass is 9.79. The molecule has 0 saturated heterocycles. The number of esters is 1. The van der Waals surface area contributed by atoms with Crippen molar-refractivity contribution in [3.05, 3.63) is 78.4 Å². The highest BCUT2D eigenvalue weighted by Gasteiger charge is 2.43. The molecule has 0 spiro atoms. The van der Waals surface area contributed by atoms with Gasteiger partial charge in [-0.05, 0) is 49.8 Å². The highest BCUT2D eigenvalue weighted by atomic mass is 32.2. The Labute approximate surface area is 300 Å². The van der Waals surface area contributed by atoms with Crippen molar-refractivity contribution >= 4 is 50.8 Å². The fourth-order valence-corrected chi connectivity index (χ4v) is 9.13. The SMILES string of the molecule is CCCCC1(CCCC)CN(c2ccccc2)c2cc(SC)c(OCC(=O)NC(C)(C(=O)NCC(=O)OC)c3ccccc3)cc2S(=O)(=O)C1. The molecule has 0 aromatic heterocycles. The number of fused-ring (bicyclic) bond motifs is 1. The Hall–Kier alpha value is -4.03. The number of methoxy groups -OCH3 is 1. The second-order valence-electron chi connectivity index (χ2n) is 12.9. The third-order valence-corrected chi connectivity index (χ3v) is 12.0. The molecule has 1 heterocycles. The molecule has 0 fully saturated rings. The number of ether oxygens (including phenoxy) is 2. The van der Waals surface area contributed by atoms with Gasteiger partial charge in [0.1, 0.15) is 17.8 Å². The van der Waals surface area contributed by atoms with Crippen LogP contribution in [-0.4, -0.2) is 65.0 Å². The van der Waals surface area contributed by atoms with Crippen LogP contribution < -0.4 is 20.3 Å². The Kier molecular flexibility index (Phi) is 13.4. The van der Waals surface area contributed by atoms with Crippen LogP contribution in [0.4, 0.5) is 11.4 Å². The van der Waals surface area contributed by atoms with Gasteiger partial charge in [-0.15, -0.1) is 11.8 Å². The van der Waals surface area contributed by atoms with E-state index in [0.717, 1.165) is 44.2 Å². The van der Waals surface area contributed by atoms with E-state index < -0.39 is 45.2 Å². The fraction of sp³-hybridized carbons (Fsp3) is 0.447. The predicted octanol–water partition coefficient (Wildman–Crippen LogP) is 6.40. The number of benzene rings is 3. The predicted molar refractivity (Wildman–Crippen MR) is 198 cm³/mol. The van der Waals surface area contributed by atoms with Crippen LogP contribution in [0, 0.1) is 5.41 Å². The van der Waals surface area contributed by atoms with Crippen LogP contribution >= 0.6 is 11.8 Å². The summed E-state index contributed by atoms with van der Waals surface area (Å²) in [5.74, 6) is -1.58. The summed E-state index contributed by atoms with van der Waals surface area (Å²) in [6, 6.07) is 21.9. The molecule has 50 heavy (non-hydrogen) atoms. The molecule has 0 radical (unpaired) electrons. The van der Waals surface area contributed by atoms with Gasteiger partial charge in [0.2, 0.25) is 0 Å². The van der Waals surface area contributed by atoms with Crippen LogP contribution in [0.2, 0.25) is 0 Å². The van der Waals surface area contributed by atoms with E-state index in [1.54, 1.807) is 36.4 Å². The van der Waals surface area contributed by atoms with Gasteiger partial charge in [-0.3, -0.25) is 14.4 Å². The Bertz CT molecular complexity index is 1730. The van der Waals surface area contributed by atoms with Gasteiger partial charge in [0, 0.05) is 23.7 Å². The second kappa shape index (κ2) is 17.3. The van der Waals surface area contributed by atoms with E-state index in [4.69, 9.17) is 4.74 Å². The highest BCUT2D eigenvalue weighted by molar-refractivity contribution is 7.98. The molecule has 3 aromatic carbocycles. The number of carbonyl (C=O) groups excluding carboxylic acids is 3. The van der Waals surface area contributed by atoms with Crippen LogP contribution in [0.1, 0.15) is 64.9 Å². The summed E-state index contributed by atoms with van der Waals surface area (Å²) in [5.41, 5.74) is -0.00489. The summed E-state index contributed by atoms with van der Waals surface area (Å²) >= 11 is 1.39. The smallest absolute Gasteiger partial charge is 0.325 e. The van der Waals surface area contributed by atoms with Gasteiger partial charge in [-0.2, -0.15) is 0 Å². The fourth-order valence-electron chi connectivity index (χ4n) is 6.47.